The molecule has 7 rings (SSSR count). The lowest BCUT2D eigenvalue weighted by Crippen LogP contribution is -2.14. The number of halogens is 1. The van der Waals surface area contributed by atoms with Gasteiger partial charge in [0.1, 0.15) is 0 Å². The van der Waals surface area contributed by atoms with Crippen molar-refractivity contribution < 1.29 is 23.8 Å². The van der Waals surface area contributed by atoms with Crippen molar-refractivity contribution in [2.45, 2.75) is 5.16 Å². The van der Waals surface area contributed by atoms with Crippen molar-refractivity contribution >= 4 is 57.7 Å². The van der Waals surface area contributed by atoms with Gasteiger partial charge in [-0.2, -0.15) is 0 Å². The first kappa shape index (κ1) is 36.9. The fourth-order valence-electron chi connectivity index (χ4n) is 5.99. The summed E-state index contributed by atoms with van der Waals surface area (Å²) in [6.45, 7) is 0. The van der Waals surface area contributed by atoms with Gasteiger partial charge >= 0.3 is 0 Å². The topological polar surface area (TPSA) is 117 Å². The van der Waals surface area contributed by atoms with Crippen LogP contribution in [0, 0.1) is 0 Å². The molecule has 0 atom stereocenters. The molecule has 0 bridgehead atoms. The van der Waals surface area contributed by atoms with Crippen LogP contribution < -0.4 is 19.5 Å². The zero-order valence-electron chi connectivity index (χ0n) is 30.0. The van der Waals surface area contributed by atoms with Crippen LogP contribution in [-0.2, 0) is 4.79 Å². The molecule has 274 valence electrons. The lowest BCUT2D eigenvalue weighted by Gasteiger charge is -2.13. The van der Waals surface area contributed by atoms with Crippen LogP contribution in [0.3, 0.4) is 0 Å². The van der Waals surface area contributed by atoms with Gasteiger partial charge in [-0.15, -0.1) is 10.2 Å². The normalized spacial score (nSPS) is 11.1. The number of carbonyl (C=O) groups excluding carboxylic acids is 2. The molecule has 0 saturated carbocycles. The molecule has 2 aromatic heterocycles. The number of anilines is 1. The van der Waals surface area contributed by atoms with Gasteiger partial charge in [0.05, 0.1) is 38.3 Å². The van der Waals surface area contributed by atoms with E-state index < -0.39 is 0 Å². The Morgan fingerprint density at radius 2 is 1.49 bits per heavy atom. The second-order valence-electron chi connectivity index (χ2n) is 12.1. The minimum Gasteiger partial charge on any atom is -0.493 e. The number of methoxy groups -OCH3 is 3. The average molecular weight is 768 g/mol. The van der Waals surface area contributed by atoms with E-state index in [-0.39, 0.29) is 17.4 Å². The summed E-state index contributed by atoms with van der Waals surface area (Å²) in [5, 5.41) is 14.2. The van der Waals surface area contributed by atoms with Gasteiger partial charge in [0, 0.05) is 38.5 Å². The molecular formula is C43H34ClN5O5S. The molecule has 0 aliphatic carbocycles. The van der Waals surface area contributed by atoms with Crippen LogP contribution in [-0.4, -0.2) is 58.5 Å². The van der Waals surface area contributed by atoms with Crippen LogP contribution in [0.4, 0.5) is 5.69 Å². The molecule has 0 saturated heterocycles. The number of ketones is 1. The van der Waals surface area contributed by atoms with E-state index in [0.717, 1.165) is 33.4 Å². The molecule has 55 heavy (non-hydrogen) atoms. The minimum atomic E-state index is -0.241. The number of aromatic nitrogens is 4. The van der Waals surface area contributed by atoms with Crippen LogP contribution >= 0.6 is 23.4 Å². The fourth-order valence-corrected chi connectivity index (χ4v) is 6.87. The Morgan fingerprint density at radius 1 is 0.800 bits per heavy atom. The number of thioether (sulfide) groups is 1. The number of nitrogens with zero attached hydrogens (tertiary/aromatic N) is 4. The van der Waals surface area contributed by atoms with E-state index in [1.165, 1.54) is 39.2 Å². The molecule has 5 aromatic carbocycles. The number of hydrogen-bond acceptors (Lipinski definition) is 9. The number of fused-ring (bicyclic) bond motifs is 1. The Balaban J connectivity index is 1.08. The molecule has 0 unspecified atom stereocenters. The monoisotopic (exact) mass is 767 g/mol. The van der Waals surface area contributed by atoms with Crippen molar-refractivity contribution in [3.05, 3.63) is 144 Å². The van der Waals surface area contributed by atoms with Gasteiger partial charge in [-0.25, -0.2) is 4.98 Å². The third-order valence-corrected chi connectivity index (χ3v) is 9.83. The number of benzene rings is 5. The maximum Gasteiger partial charge on any atom is 0.234 e. The second kappa shape index (κ2) is 16.7. The van der Waals surface area contributed by atoms with Crippen molar-refractivity contribution in [3.8, 4) is 45.6 Å². The standard InChI is InChI=1S/C43H34ClN5O5S/c1-52-38-23-27(24-39(53-2)41(38)54-3)13-22-37(50)29-16-20-31(21-17-29)45-40(51)26-55-43-48-47-42(49(43)32-9-5-4-6-10-32)34-25-36(28-14-18-30(44)19-15-28)46-35-12-8-7-11-33(34)35/h4-25H,26H2,1-3H3,(H,45,51)/b22-13+. The lowest BCUT2D eigenvalue weighted by atomic mass is 10.0. The Labute approximate surface area is 326 Å². The largest absolute Gasteiger partial charge is 0.493 e. The van der Waals surface area contributed by atoms with Gasteiger partial charge in [0.15, 0.2) is 28.3 Å². The van der Waals surface area contributed by atoms with E-state index >= 15 is 0 Å². The van der Waals surface area contributed by atoms with Crippen LogP contribution in [0.5, 0.6) is 17.2 Å². The number of ether oxygens (including phenoxy) is 3. The Bertz CT molecular complexity index is 2500. The summed E-state index contributed by atoms with van der Waals surface area (Å²) in [4.78, 5) is 31.1. The first-order chi connectivity index (χ1) is 26.8. The average Bonchev–Trinajstić information content (AvgIpc) is 3.65. The molecule has 0 radical (unpaired) electrons. The molecule has 0 aliphatic heterocycles. The predicted molar refractivity (Wildman–Crippen MR) is 218 cm³/mol. The molecule has 7 aromatic rings. The Hall–Kier alpha value is -6.43. The highest BCUT2D eigenvalue weighted by Crippen LogP contribution is 2.39. The molecule has 0 aliphatic rings. The summed E-state index contributed by atoms with van der Waals surface area (Å²) >= 11 is 7.45. The summed E-state index contributed by atoms with van der Waals surface area (Å²) in [6, 6.07) is 37.5. The van der Waals surface area contributed by atoms with E-state index in [9.17, 15) is 9.59 Å². The predicted octanol–water partition coefficient (Wildman–Crippen LogP) is 9.46. The molecule has 0 spiro atoms. The third-order valence-electron chi connectivity index (χ3n) is 8.64. The number of rotatable bonds is 13. The number of hydrogen-bond donors (Lipinski definition) is 1. The summed E-state index contributed by atoms with van der Waals surface area (Å²) in [6.07, 6.45) is 3.14. The number of pyridine rings is 1. The van der Waals surface area contributed by atoms with E-state index in [4.69, 9.17) is 30.8 Å². The number of carbonyl (C=O) groups is 2. The van der Waals surface area contributed by atoms with Crippen molar-refractivity contribution in [2.24, 2.45) is 0 Å². The number of amides is 1. The quantitative estimate of drug-likeness (QED) is 0.0696. The maximum absolute atomic E-state index is 13.2. The third kappa shape index (κ3) is 8.23. The molecular weight excluding hydrogens is 734 g/mol. The summed E-state index contributed by atoms with van der Waals surface area (Å²) in [5.74, 6) is 1.67. The highest BCUT2D eigenvalue weighted by molar-refractivity contribution is 7.99. The fraction of sp³-hybridized carbons (Fsp3) is 0.0930. The lowest BCUT2D eigenvalue weighted by molar-refractivity contribution is -0.113. The number of para-hydroxylation sites is 2. The van der Waals surface area contributed by atoms with Crippen molar-refractivity contribution in [2.75, 3.05) is 32.4 Å². The second-order valence-corrected chi connectivity index (χ2v) is 13.5. The van der Waals surface area contributed by atoms with Gasteiger partial charge < -0.3 is 19.5 Å². The summed E-state index contributed by atoms with van der Waals surface area (Å²) in [5.41, 5.74) is 5.90. The number of nitrogens with one attached hydrogen (secondary N) is 1. The summed E-state index contributed by atoms with van der Waals surface area (Å²) in [7, 11) is 4.60. The van der Waals surface area contributed by atoms with Crippen molar-refractivity contribution in [1.82, 2.24) is 19.7 Å². The number of allylic oxidation sites excluding steroid dienone is 1. The molecule has 1 amide bonds. The molecule has 10 nitrogen and oxygen atoms in total. The Kier molecular flexibility index (Phi) is 11.2. The van der Waals surface area contributed by atoms with Gasteiger partial charge in [-0.05, 0) is 84.4 Å². The molecule has 2 heterocycles. The van der Waals surface area contributed by atoms with Gasteiger partial charge in [-0.1, -0.05) is 78.0 Å². The van der Waals surface area contributed by atoms with E-state index in [2.05, 4.69) is 15.5 Å². The van der Waals surface area contributed by atoms with Crippen LogP contribution in [0.1, 0.15) is 15.9 Å². The maximum atomic E-state index is 13.2. The SMILES string of the molecule is COc1cc(/C=C/C(=O)c2ccc(NC(=O)CSc3nnc(-c4cc(-c5ccc(Cl)cc5)nc5ccccc45)n3-c3ccccc3)cc2)cc(OC)c1OC. The Morgan fingerprint density at radius 3 is 2.18 bits per heavy atom. The molecule has 1 N–H and O–H groups in total. The first-order valence-electron chi connectivity index (χ1n) is 17.1. The first-order valence-corrected chi connectivity index (χ1v) is 18.4. The van der Waals surface area contributed by atoms with Gasteiger partial charge in [-0.3, -0.25) is 14.2 Å². The van der Waals surface area contributed by atoms with Crippen LogP contribution in [0.25, 0.3) is 45.3 Å². The molecule has 0 fully saturated rings. The zero-order chi connectivity index (χ0) is 38.3. The van der Waals surface area contributed by atoms with Crippen LogP contribution in [0.2, 0.25) is 5.02 Å². The van der Waals surface area contributed by atoms with E-state index in [0.29, 0.717) is 50.1 Å². The van der Waals surface area contributed by atoms with Gasteiger partial charge in [0.2, 0.25) is 11.7 Å². The minimum absolute atomic E-state index is 0.0658. The smallest absolute Gasteiger partial charge is 0.234 e. The zero-order valence-corrected chi connectivity index (χ0v) is 31.6. The highest BCUT2D eigenvalue weighted by Gasteiger charge is 2.21. The van der Waals surface area contributed by atoms with E-state index in [1.807, 2.05) is 89.5 Å². The van der Waals surface area contributed by atoms with Crippen LogP contribution in [0.15, 0.2) is 133 Å². The van der Waals surface area contributed by atoms with Crippen molar-refractivity contribution in [3.63, 3.8) is 0 Å². The van der Waals surface area contributed by atoms with Crippen molar-refractivity contribution in [1.29, 1.82) is 0 Å². The van der Waals surface area contributed by atoms with E-state index in [1.54, 1.807) is 42.5 Å². The molecule has 12 heteroatoms. The highest BCUT2D eigenvalue weighted by atomic mass is 35.5. The van der Waals surface area contributed by atoms with Gasteiger partial charge in [0.25, 0.3) is 0 Å². The summed E-state index contributed by atoms with van der Waals surface area (Å²) < 4.78 is 18.1.